The van der Waals surface area contributed by atoms with Gasteiger partial charge >= 0.3 is 5.69 Å². The van der Waals surface area contributed by atoms with Crippen LogP contribution in [0, 0.1) is 5.82 Å². The number of hydrogen-bond acceptors (Lipinski definition) is 4. The van der Waals surface area contributed by atoms with E-state index in [0.717, 1.165) is 10.8 Å². The Labute approximate surface area is 111 Å². The molecule has 3 aromatic rings. The molecule has 3 rings (SSSR count). The summed E-state index contributed by atoms with van der Waals surface area (Å²) in [7, 11) is 1.68. The Morgan fingerprint density at radius 1 is 1.35 bits per heavy atom. The second kappa shape index (κ2) is 4.05. The molecular weight excluding hydrogens is 265 g/mol. The molecule has 0 saturated carbocycles. The number of hydrogen-bond donors (Lipinski definition) is 2. The monoisotopic (exact) mass is 275 g/mol. The fraction of sp³-hybridized carbons (Fsp3) is 0.0833. The maximum atomic E-state index is 13.4. The van der Waals surface area contributed by atoms with Crippen molar-refractivity contribution in [3.05, 3.63) is 51.1 Å². The predicted octanol–water partition coefficient (Wildman–Crippen LogP) is 0.134. The molecule has 0 saturated heterocycles. The van der Waals surface area contributed by atoms with Gasteiger partial charge in [0, 0.05) is 18.1 Å². The predicted molar refractivity (Wildman–Crippen MR) is 71.3 cm³/mol. The molecule has 20 heavy (non-hydrogen) atoms. The highest BCUT2D eigenvalue weighted by molar-refractivity contribution is 5.88. The number of fused-ring (bicyclic) bond motifs is 1. The highest BCUT2D eigenvalue weighted by Crippen LogP contribution is 2.22. The van der Waals surface area contributed by atoms with Crippen LogP contribution < -0.4 is 17.0 Å². The average Bonchev–Trinajstić information content (AvgIpc) is 2.71. The highest BCUT2D eigenvalue weighted by atomic mass is 19.1. The highest BCUT2D eigenvalue weighted by Gasteiger charge is 2.13. The molecule has 0 bridgehead atoms. The van der Waals surface area contributed by atoms with Crippen LogP contribution in [0.3, 0.4) is 0 Å². The van der Waals surface area contributed by atoms with Crippen LogP contribution >= 0.6 is 0 Å². The summed E-state index contributed by atoms with van der Waals surface area (Å²) < 4.78 is 15.8. The lowest BCUT2D eigenvalue weighted by Gasteiger charge is -2.01. The van der Waals surface area contributed by atoms with Crippen molar-refractivity contribution in [2.24, 2.45) is 7.05 Å². The number of benzene rings is 1. The number of nitrogens with two attached hydrogens (primary N) is 1. The van der Waals surface area contributed by atoms with Gasteiger partial charge in [0.1, 0.15) is 0 Å². The number of rotatable bonds is 1. The first kappa shape index (κ1) is 12.2. The number of anilines is 1. The van der Waals surface area contributed by atoms with E-state index >= 15 is 0 Å². The van der Waals surface area contributed by atoms with Crippen molar-refractivity contribution in [2.45, 2.75) is 0 Å². The van der Waals surface area contributed by atoms with E-state index in [4.69, 9.17) is 5.73 Å². The number of H-pyrrole nitrogens is 1. The van der Waals surface area contributed by atoms with E-state index in [1.165, 1.54) is 4.68 Å². The molecule has 0 aliphatic rings. The van der Waals surface area contributed by atoms with Crippen LogP contribution in [0.4, 0.5) is 10.1 Å². The lowest BCUT2D eigenvalue weighted by atomic mass is 10.2. The number of aromatic nitrogens is 4. The molecule has 0 spiro atoms. The summed E-state index contributed by atoms with van der Waals surface area (Å²) in [6, 6.07) is 5.03. The van der Waals surface area contributed by atoms with Crippen LogP contribution in [0.5, 0.6) is 0 Å². The van der Waals surface area contributed by atoms with Gasteiger partial charge in [-0.2, -0.15) is 9.49 Å². The van der Waals surface area contributed by atoms with Gasteiger partial charge in [-0.3, -0.25) is 14.5 Å². The van der Waals surface area contributed by atoms with Crippen LogP contribution in [0.2, 0.25) is 0 Å². The summed E-state index contributed by atoms with van der Waals surface area (Å²) in [4.78, 5) is 24.7. The first-order valence-corrected chi connectivity index (χ1v) is 5.71. The number of aryl methyl sites for hydroxylation is 1. The second-order valence-corrected chi connectivity index (χ2v) is 4.33. The number of nitrogen functional groups attached to an aromatic ring is 1. The quantitative estimate of drug-likeness (QED) is 0.617. The van der Waals surface area contributed by atoms with Gasteiger partial charge in [-0.05, 0) is 18.2 Å². The number of nitrogens with zero attached hydrogens (tertiary/aromatic N) is 3. The molecule has 102 valence electrons. The standard InChI is InChI=1S/C12H10FN5O2/c1-17-9-4-6(14)2-3-7(9)10(16-17)18-5-8(13)11(19)15-12(18)20/h2-5H,14H2,1H3,(H,15,19,20). The fourth-order valence-corrected chi connectivity index (χ4v) is 2.04. The number of nitrogens with one attached hydrogen (secondary N) is 1. The minimum absolute atomic E-state index is 0.225. The smallest absolute Gasteiger partial charge is 0.334 e. The molecule has 3 N–H and O–H groups in total. The molecule has 0 atom stereocenters. The van der Waals surface area contributed by atoms with Gasteiger partial charge in [-0.1, -0.05) is 0 Å². The van der Waals surface area contributed by atoms with Crippen molar-refractivity contribution in [1.29, 1.82) is 0 Å². The summed E-state index contributed by atoms with van der Waals surface area (Å²) in [6.07, 6.45) is 0.819. The maximum absolute atomic E-state index is 13.4. The first-order chi connectivity index (χ1) is 9.47. The van der Waals surface area contributed by atoms with Gasteiger partial charge in [0.25, 0.3) is 5.56 Å². The third kappa shape index (κ3) is 1.69. The molecule has 0 amide bonds. The van der Waals surface area contributed by atoms with Crippen LogP contribution in [-0.2, 0) is 7.05 Å². The van der Waals surface area contributed by atoms with Crippen LogP contribution in [-0.4, -0.2) is 19.3 Å². The Kier molecular flexibility index (Phi) is 2.46. The minimum Gasteiger partial charge on any atom is -0.399 e. The first-order valence-electron chi connectivity index (χ1n) is 5.71. The lowest BCUT2D eigenvalue weighted by Crippen LogP contribution is -2.30. The van der Waals surface area contributed by atoms with Crippen LogP contribution in [0.15, 0.2) is 34.0 Å². The van der Waals surface area contributed by atoms with Crippen molar-refractivity contribution < 1.29 is 4.39 Å². The van der Waals surface area contributed by atoms with Crippen LogP contribution in [0.1, 0.15) is 0 Å². The zero-order valence-corrected chi connectivity index (χ0v) is 10.4. The van der Waals surface area contributed by atoms with Gasteiger partial charge in [-0.25, -0.2) is 9.36 Å². The van der Waals surface area contributed by atoms with E-state index < -0.39 is 17.1 Å². The molecule has 0 aliphatic heterocycles. The Morgan fingerprint density at radius 3 is 2.85 bits per heavy atom. The minimum atomic E-state index is -1.06. The van der Waals surface area contributed by atoms with Crippen molar-refractivity contribution in [1.82, 2.24) is 19.3 Å². The third-order valence-corrected chi connectivity index (χ3v) is 2.98. The molecule has 1 aromatic carbocycles. The fourth-order valence-electron chi connectivity index (χ4n) is 2.04. The average molecular weight is 275 g/mol. The number of aromatic amines is 1. The molecule has 7 nitrogen and oxygen atoms in total. The molecule has 8 heteroatoms. The van der Waals surface area contributed by atoms with Gasteiger partial charge in [0.15, 0.2) is 5.82 Å². The van der Waals surface area contributed by atoms with E-state index in [1.54, 1.807) is 25.2 Å². The maximum Gasteiger partial charge on any atom is 0.334 e. The largest absolute Gasteiger partial charge is 0.399 e. The van der Waals surface area contributed by atoms with E-state index in [1.807, 2.05) is 4.98 Å². The normalized spacial score (nSPS) is 11.1. The summed E-state index contributed by atoms with van der Waals surface area (Å²) in [5.41, 5.74) is 5.12. The Hall–Kier alpha value is -2.90. The van der Waals surface area contributed by atoms with Crippen molar-refractivity contribution >= 4 is 16.6 Å². The molecular formula is C12H10FN5O2. The van der Waals surface area contributed by atoms with Gasteiger partial charge in [0.05, 0.1) is 11.7 Å². The number of halogens is 1. The van der Waals surface area contributed by atoms with E-state index in [0.29, 0.717) is 16.6 Å². The SMILES string of the molecule is Cn1nc(-n2cc(F)c(=O)[nH]c2=O)c2ccc(N)cc21. The zero-order valence-electron chi connectivity index (χ0n) is 10.4. The van der Waals surface area contributed by atoms with Gasteiger partial charge in [0.2, 0.25) is 5.82 Å². The Bertz CT molecular complexity index is 937. The Morgan fingerprint density at radius 2 is 2.10 bits per heavy atom. The molecule has 0 aliphatic carbocycles. The third-order valence-electron chi connectivity index (χ3n) is 2.98. The van der Waals surface area contributed by atoms with E-state index in [9.17, 15) is 14.0 Å². The summed E-state index contributed by atoms with van der Waals surface area (Å²) in [6.45, 7) is 0. The molecule has 2 aromatic heterocycles. The molecule has 0 radical (unpaired) electrons. The van der Waals surface area contributed by atoms with Crippen molar-refractivity contribution in [3.8, 4) is 5.82 Å². The van der Waals surface area contributed by atoms with Crippen molar-refractivity contribution in [3.63, 3.8) is 0 Å². The van der Waals surface area contributed by atoms with Crippen LogP contribution in [0.25, 0.3) is 16.7 Å². The van der Waals surface area contributed by atoms with Crippen molar-refractivity contribution in [2.75, 3.05) is 5.73 Å². The summed E-state index contributed by atoms with van der Waals surface area (Å²) in [5, 5.41) is 4.79. The zero-order chi connectivity index (χ0) is 14.4. The Balaban J connectivity index is 2.39. The van der Waals surface area contributed by atoms with Gasteiger partial charge in [-0.15, -0.1) is 0 Å². The van der Waals surface area contributed by atoms with E-state index in [-0.39, 0.29) is 5.82 Å². The van der Waals surface area contributed by atoms with Gasteiger partial charge < -0.3 is 5.73 Å². The van der Waals surface area contributed by atoms with E-state index in [2.05, 4.69) is 5.10 Å². The molecule has 0 fully saturated rings. The molecule has 0 unspecified atom stereocenters. The second-order valence-electron chi connectivity index (χ2n) is 4.33. The molecule has 2 heterocycles. The topological polar surface area (TPSA) is 98.7 Å². The summed E-state index contributed by atoms with van der Waals surface area (Å²) in [5.74, 6) is -0.832. The lowest BCUT2D eigenvalue weighted by molar-refractivity contribution is 0.584. The summed E-state index contributed by atoms with van der Waals surface area (Å²) >= 11 is 0.